The van der Waals surface area contributed by atoms with Crippen LogP contribution in [0.4, 0.5) is 9.59 Å². The Kier molecular flexibility index (Phi) is 15.9. The Balaban J connectivity index is 3.63. The fraction of sp³-hybridized carbons (Fsp3) is 0.842. The SMILES string of the molecule is CCCCOC(=O)C(C)OC(=O)OCCOCCOC(=O)OCC(CC)CC. The second-order valence-corrected chi connectivity index (χ2v) is 6.08. The lowest BCUT2D eigenvalue weighted by molar-refractivity contribution is -0.154. The summed E-state index contributed by atoms with van der Waals surface area (Å²) in [6, 6.07) is 0. The van der Waals surface area contributed by atoms with Crippen LogP contribution in [0.25, 0.3) is 0 Å². The molecule has 0 aromatic rings. The lowest BCUT2D eigenvalue weighted by atomic mass is 10.1. The molecular weight excluding hydrogens is 372 g/mol. The van der Waals surface area contributed by atoms with Crippen LogP contribution in [0.3, 0.4) is 0 Å². The van der Waals surface area contributed by atoms with E-state index >= 15 is 0 Å². The maximum absolute atomic E-state index is 11.5. The zero-order valence-corrected chi connectivity index (χ0v) is 17.4. The molecule has 0 saturated heterocycles. The van der Waals surface area contributed by atoms with Gasteiger partial charge in [0, 0.05) is 0 Å². The van der Waals surface area contributed by atoms with Crippen LogP contribution in [0.1, 0.15) is 53.4 Å². The van der Waals surface area contributed by atoms with E-state index in [4.69, 9.17) is 28.4 Å². The number of carbonyl (C=O) groups excluding carboxylic acids is 3. The van der Waals surface area contributed by atoms with Crippen LogP contribution in [0.5, 0.6) is 0 Å². The number of unbranched alkanes of at least 4 members (excludes halogenated alkanes) is 1. The van der Waals surface area contributed by atoms with Gasteiger partial charge in [0.15, 0.2) is 6.10 Å². The minimum atomic E-state index is -1.04. The summed E-state index contributed by atoms with van der Waals surface area (Å²) in [5, 5.41) is 0. The summed E-state index contributed by atoms with van der Waals surface area (Å²) in [5.74, 6) is -0.281. The van der Waals surface area contributed by atoms with Crippen molar-refractivity contribution in [3.8, 4) is 0 Å². The van der Waals surface area contributed by atoms with Crippen LogP contribution in [-0.2, 0) is 33.2 Å². The van der Waals surface area contributed by atoms with E-state index in [1.165, 1.54) is 6.92 Å². The van der Waals surface area contributed by atoms with Gasteiger partial charge in [-0.1, -0.05) is 40.0 Å². The molecule has 0 heterocycles. The first-order valence-electron chi connectivity index (χ1n) is 9.81. The van der Waals surface area contributed by atoms with Crippen LogP contribution in [0.15, 0.2) is 0 Å². The van der Waals surface area contributed by atoms with E-state index in [1.54, 1.807) is 0 Å². The van der Waals surface area contributed by atoms with Crippen molar-refractivity contribution in [2.24, 2.45) is 5.92 Å². The molecule has 9 heteroatoms. The van der Waals surface area contributed by atoms with E-state index in [0.29, 0.717) is 19.1 Å². The molecule has 0 aromatic heterocycles. The molecule has 0 rings (SSSR count). The van der Waals surface area contributed by atoms with Crippen molar-refractivity contribution in [2.45, 2.75) is 59.5 Å². The van der Waals surface area contributed by atoms with Crippen molar-refractivity contribution in [3.63, 3.8) is 0 Å². The minimum Gasteiger partial charge on any atom is -0.463 e. The molecule has 0 aliphatic rings. The molecule has 1 atom stereocenters. The van der Waals surface area contributed by atoms with Gasteiger partial charge in [0.05, 0.1) is 26.4 Å². The molecule has 9 nitrogen and oxygen atoms in total. The van der Waals surface area contributed by atoms with E-state index < -0.39 is 24.4 Å². The van der Waals surface area contributed by atoms with Gasteiger partial charge >= 0.3 is 18.3 Å². The Morgan fingerprint density at radius 1 is 0.750 bits per heavy atom. The Bertz CT molecular complexity index is 435. The quantitative estimate of drug-likeness (QED) is 0.229. The van der Waals surface area contributed by atoms with E-state index in [9.17, 15) is 14.4 Å². The molecule has 0 aromatic carbocycles. The standard InChI is InChI=1S/C19H34O9/c1-5-8-9-24-17(20)15(4)28-19(22)26-13-11-23-10-12-25-18(21)27-14-16(6-2)7-3/h15-16H,5-14H2,1-4H3. The molecule has 0 bridgehead atoms. The molecular formula is C19H34O9. The molecule has 0 amide bonds. The summed E-state index contributed by atoms with van der Waals surface area (Å²) < 4.78 is 29.5. The zero-order chi connectivity index (χ0) is 21.2. The zero-order valence-electron chi connectivity index (χ0n) is 17.4. The smallest absolute Gasteiger partial charge is 0.463 e. The first kappa shape index (κ1) is 26.0. The fourth-order valence-electron chi connectivity index (χ4n) is 1.88. The minimum absolute atomic E-state index is 0.0346. The van der Waals surface area contributed by atoms with E-state index in [0.717, 1.165) is 25.7 Å². The van der Waals surface area contributed by atoms with Crippen LogP contribution >= 0.6 is 0 Å². The molecule has 0 saturated carbocycles. The maximum Gasteiger partial charge on any atom is 0.509 e. The molecule has 28 heavy (non-hydrogen) atoms. The van der Waals surface area contributed by atoms with Gasteiger partial charge < -0.3 is 28.4 Å². The first-order valence-corrected chi connectivity index (χ1v) is 9.81. The predicted octanol–water partition coefficient (Wildman–Crippen LogP) is 3.48. The fourth-order valence-corrected chi connectivity index (χ4v) is 1.88. The largest absolute Gasteiger partial charge is 0.509 e. The van der Waals surface area contributed by atoms with Crippen molar-refractivity contribution in [3.05, 3.63) is 0 Å². The highest BCUT2D eigenvalue weighted by molar-refractivity contribution is 5.76. The summed E-state index contributed by atoms with van der Waals surface area (Å²) in [4.78, 5) is 34.4. The summed E-state index contributed by atoms with van der Waals surface area (Å²) in [6.45, 7) is 8.29. The van der Waals surface area contributed by atoms with E-state index in [1.807, 2.05) is 20.8 Å². The Morgan fingerprint density at radius 2 is 1.36 bits per heavy atom. The number of hydrogen-bond acceptors (Lipinski definition) is 9. The van der Waals surface area contributed by atoms with Gasteiger partial charge in [-0.3, -0.25) is 0 Å². The number of ether oxygens (including phenoxy) is 6. The Hall–Kier alpha value is -2.03. The van der Waals surface area contributed by atoms with Crippen molar-refractivity contribution in [1.82, 2.24) is 0 Å². The second-order valence-electron chi connectivity index (χ2n) is 6.08. The summed E-state index contributed by atoms with van der Waals surface area (Å²) >= 11 is 0. The van der Waals surface area contributed by atoms with Gasteiger partial charge in [-0.25, -0.2) is 14.4 Å². The summed E-state index contributed by atoms with van der Waals surface area (Å²) in [7, 11) is 0. The van der Waals surface area contributed by atoms with Crippen LogP contribution in [-0.4, -0.2) is 64.0 Å². The third kappa shape index (κ3) is 14.1. The van der Waals surface area contributed by atoms with Crippen molar-refractivity contribution in [2.75, 3.05) is 39.6 Å². The topological polar surface area (TPSA) is 107 Å². The molecule has 0 fully saturated rings. The Morgan fingerprint density at radius 3 is 1.93 bits per heavy atom. The lowest BCUT2D eigenvalue weighted by Gasteiger charge is -2.13. The Labute approximate surface area is 166 Å². The normalized spacial score (nSPS) is 11.6. The monoisotopic (exact) mass is 406 g/mol. The van der Waals surface area contributed by atoms with Gasteiger partial charge in [-0.05, 0) is 19.3 Å². The summed E-state index contributed by atoms with van der Waals surface area (Å²) in [5.41, 5.74) is 0. The molecule has 164 valence electrons. The van der Waals surface area contributed by atoms with Crippen molar-refractivity contribution >= 4 is 18.3 Å². The highest BCUT2D eigenvalue weighted by Crippen LogP contribution is 2.07. The first-order chi connectivity index (χ1) is 13.4. The van der Waals surface area contributed by atoms with Crippen LogP contribution in [0.2, 0.25) is 0 Å². The van der Waals surface area contributed by atoms with Gasteiger partial charge in [-0.2, -0.15) is 0 Å². The number of hydrogen-bond donors (Lipinski definition) is 0. The van der Waals surface area contributed by atoms with Gasteiger partial charge in [0.25, 0.3) is 0 Å². The molecule has 0 aliphatic carbocycles. The van der Waals surface area contributed by atoms with Gasteiger partial charge in [-0.15, -0.1) is 0 Å². The molecule has 0 radical (unpaired) electrons. The maximum atomic E-state index is 11.5. The van der Waals surface area contributed by atoms with Crippen LogP contribution in [0, 0.1) is 5.92 Å². The predicted molar refractivity (Wildman–Crippen MR) is 100.0 cm³/mol. The number of carbonyl (C=O) groups is 3. The molecule has 1 unspecified atom stereocenters. The average molecular weight is 406 g/mol. The average Bonchev–Trinajstić information content (AvgIpc) is 2.68. The summed E-state index contributed by atoms with van der Waals surface area (Å²) in [6.07, 6.45) is 0.779. The second kappa shape index (κ2) is 17.1. The van der Waals surface area contributed by atoms with Gasteiger partial charge in [0.1, 0.15) is 13.2 Å². The highest BCUT2D eigenvalue weighted by atomic mass is 16.7. The number of esters is 1. The van der Waals surface area contributed by atoms with Crippen molar-refractivity contribution in [1.29, 1.82) is 0 Å². The molecule has 0 N–H and O–H groups in total. The molecule has 0 spiro atoms. The highest BCUT2D eigenvalue weighted by Gasteiger charge is 2.20. The lowest BCUT2D eigenvalue weighted by Crippen LogP contribution is -2.27. The molecule has 0 aliphatic heterocycles. The van der Waals surface area contributed by atoms with E-state index in [-0.39, 0.29) is 26.4 Å². The van der Waals surface area contributed by atoms with E-state index in [2.05, 4.69) is 0 Å². The van der Waals surface area contributed by atoms with Crippen LogP contribution < -0.4 is 0 Å². The third-order valence-electron chi connectivity index (χ3n) is 3.83. The number of rotatable bonds is 15. The van der Waals surface area contributed by atoms with Crippen molar-refractivity contribution < 1.29 is 42.8 Å². The van der Waals surface area contributed by atoms with Gasteiger partial charge in [0.2, 0.25) is 0 Å². The third-order valence-corrected chi connectivity index (χ3v) is 3.83.